The Hall–Kier alpha value is -4.55. The molecule has 1 aliphatic heterocycles. The molecule has 0 radical (unpaired) electrons. The van der Waals surface area contributed by atoms with Crippen LogP contribution in [0.25, 0.3) is 16.9 Å². The van der Waals surface area contributed by atoms with Crippen LogP contribution in [0.4, 0.5) is 22.4 Å². The number of imidazole rings is 1. The van der Waals surface area contributed by atoms with Crippen molar-refractivity contribution in [1.29, 1.82) is 0 Å². The van der Waals surface area contributed by atoms with Crippen LogP contribution in [0.15, 0.2) is 61.1 Å². The van der Waals surface area contributed by atoms with Crippen molar-refractivity contribution in [2.24, 2.45) is 0 Å². The minimum atomic E-state index is -4.78. The van der Waals surface area contributed by atoms with E-state index in [1.165, 1.54) is 21.9 Å². The van der Waals surface area contributed by atoms with Crippen LogP contribution >= 0.6 is 0 Å². The summed E-state index contributed by atoms with van der Waals surface area (Å²) >= 11 is 0. The molecule has 9 nitrogen and oxygen atoms in total. The number of carbonyl (C=O) groups excluding carboxylic acids is 2. The first-order chi connectivity index (χ1) is 18.6. The molecule has 13 heteroatoms. The van der Waals surface area contributed by atoms with Crippen LogP contribution in [-0.4, -0.2) is 67.1 Å². The molecule has 1 unspecified atom stereocenters. The molecular formula is C26H22F4N6O3. The van der Waals surface area contributed by atoms with Crippen LogP contribution in [-0.2, 0) is 17.5 Å². The Kier molecular flexibility index (Phi) is 6.89. The van der Waals surface area contributed by atoms with Gasteiger partial charge in [0.25, 0.3) is 5.91 Å². The molecule has 5 rings (SSSR count). The lowest BCUT2D eigenvalue weighted by Crippen LogP contribution is -2.55. The lowest BCUT2D eigenvalue weighted by Gasteiger charge is -2.38. The van der Waals surface area contributed by atoms with Gasteiger partial charge in [0.2, 0.25) is 0 Å². The van der Waals surface area contributed by atoms with E-state index in [0.29, 0.717) is 0 Å². The standard InChI is InChI=1S/C26H22F4N6O3/c1-16-13-34(9-10-35(16)25(38)39-15-17-3-2-8-31-12-17)24(37)22-14-36-23(32-22)20(26(28,29)30)11-21(33-36)18-4-6-19(27)7-5-18/h2-8,11-12,14,16H,9-10,13,15H2,1H3. The van der Waals surface area contributed by atoms with Gasteiger partial charge >= 0.3 is 12.3 Å². The van der Waals surface area contributed by atoms with E-state index in [1.54, 1.807) is 31.5 Å². The number of amides is 2. The molecule has 1 fully saturated rings. The number of fused-ring (bicyclic) bond motifs is 1. The highest BCUT2D eigenvalue weighted by Crippen LogP contribution is 2.34. The molecule has 202 valence electrons. The Morgan fingerprint density at radius 3 is 2.56 bits per heavy atom. The molecule has 2 amide bonds. The number of nitrogens with zero attached hydrogens (tertiary/aromatic N) is 6. The number of aromatic nitrogens is 4. The summed E-state index contributed by atoms with van der Waals surface area (Å²) in [5.41, 5.74) is -0.880. The van der Waals surface area contributed by atoms with Crippen LogP contribution in [0.5, 0.6) is 0 Å². The molecule has 0 spiro atoms. The number of benzene rings is 1. The summed E-state index contributed by atoms with van der Waals surface area (Å²) in [4.78, 5) is 36.6. The zero-order valence-electron chi connectivity index (χ0n) is 20.6. The van der Waals surface area contributed by atoms with Crippen molar-refractivity contribution in [2.45, 2.75) is 25.7 Å². The normalized spacial score (nSPS) is 16.0. The van der Waals surface area contributed by atoms with Crippen molar-refractivity contribution in [3.63, 3.8) is 0 Å². The average molecular weight is 542 g/mol. The Bertz CT molecular complexity index is 1510. The van der Waals surface area contributed by atoms with Crippen LogP contribution in [0.1, 0.15) is 28.5 Å². The number of pyridine rings is 1. The van der Waals surface area contributed by atoms with Gasteiger partial charge in [-0.3, -0.25) is 9.78 Å². The molecule has 4 aromatic rings. The van der Waals surface area contributed by atoms with Gasteiger partial charge in [0.15, 0.2) is 5.65 Å². The number of rotatable bonds is 4. The SMILES string of the molecule is CC1CN(C(=O)c2cn3nc(-c4ccc(F)cc4)cc(C(F)(F)F)c3n2)CCN1C(=O)OCc1cccnc1. The quantitative estimate of drug-likeness (QED) is 0.354. The fraction of sp³-hybridized carbons (Fsp3) is 0.269. The smallest absolute Gasteiger partial charge is 0.420 e. The minimum absolute atomic E-state index is 0.0498. The number of hydrogen-bond acceptors (Lipinski definition) is 6. The first kappa shape index (κ1) is 26.1. The van der Waals surface area contributed by atoms with Gasteiger partial charge in [-0.25, -0.2) is 18.7 Å². The van der Waals surface area contributed by atoms with Crippen LogP contribution < -0.4 is 0 Å². The summed E-state index contributed by atoms with van der Waals surface area (Å²) in [6, 6.07) is 8.78. The summed E-state index contributed by atoms with van der Waals surface area (Å²) in [5.74, 6) is -1.13. The molecule has 4 heterocycles. The summed E-state index contributed by atoms with van der Waals surface area (Å²) in [7, 11) is 0. The van der Waals surface area contributed by atoms with Crippen molar-refractivity contribution in [1.82, 2.24) is 29.4 Å². The third kappa shape index (κ3) is 5.52. The largest absolute Gasteiger partial charge is 0.444 e. The molecule has 1 aliphatic rings. The van der Waals surface area contributed by atoms with E-state index in [4.69, 9.17) is 4.74 Å². The van der Waals surface area contributed by atoms with E-state index in [9.17, 15) is 27.2 Å². The fourth-order valence-electron chi connectivity index (χ4n) is 4.34. The molecule has 39 heavy (non-hydrogen) atoms. The number of alkyl halides is 3. The molecular weight excluding hydrogens is 520 g/mol. The maximum absolute atomic E-state index is 13.9. The molecule has 0 saturated carbocycles. The van der Waals surface area contributed by atoms with Crippen molar-refractivity contribution in [3.8, 4) is 11.3 Å². The summed E-state index contributed by atoms with van der Waals surface area (Å²) in [6.07, 6.45) is -0.986. The summed E-state index contributed by atoms with van der Waals surface area (Å²) in [6.45, 7) is 2.24. The second-order valence-electron chi connectivity index (χ2n) is 9.05. The number of hydrogen-bond donors (Lipinski definition) is 0. The Morgan fingerprint density at radius 2 is 1.90 bits per heavy atom. The van der Waals surface area contributed by atoms with E-state index < -0.39 is 41.2 Å². The van der Waals surface area contributed by atoms with E-state index in [-0.39, 0.29) is 43.2 Å². The van der Waals surface area contributed by atoms with Crippen molar-refractivity contribution in [3.05, 3.63) is 83.7 Å². The fourth-order valence-corrected chi connectivity index (χ4v) is 4.34. The maximum Gasteiger partial charge on any atom is 0.420 e. The Labute approximate surface area is 219 Å². The topological polar surface area (TPSA) is 92.9 Å². The third-order valence-corrected chi connectivity index (χ3v) is 6.32. The van der Waals surface area contributed by atoms with Gasteiger partial charge in [0, 0.05) is 49.2 Å². The highest BCUT2D eigenvalue weighted by atomic mass is 19.4. The molecule has 0 N–H and O–H groups in total. The van der Waals surface area contributed by atoms with Crippen molar-refractivity contribution < 1.29 is 31.9 Å². The van der Waals surface area contributed by atoms with Crippen molar-refractivity contribution >= 4 is 17.6 Å². The second-order valence-corrected chi connectivity index (χ2v) is 9.05. The summed E-state index contributed by atoms with van der Waals surface area (Å²) < 4.78 is 61.2. The molecule has 3 aromatic heterocycles. The predicted octanol–water partition coefficient (Wildman–Crippen LogP) is 4.43. The first-order valence-electron chi connectivity index (χ1n) is 12.0. The zero-order valence-corrected chi connectivity index (χ0v) is 20.6. The van der Waals surface area contributed by atoms with E-state index >= 15 is 0 Å². The highest BCUT2D eigenvalue weighted by molar-refractivity contribution is 5.93. The van der Waals surface area contributed by atoms with Gasteiger partial charge in [0.1, 0.15) is 23.7 Å². The van der Waals surface area contributed by atoms with E-state index in [1.807, 2.05) is 0 Å². The van der Waals surface area contributed by atoms with Gasteiger partial charge in [-0.05, 0) is 43.3 Å². The lowest BCUT2D eigenvalue weighted by atomic mass is 10.1. The molecule has 1 saturated heterocycles. The number of ether oxygens (including phenoxy) is 1. The molecule has 1 atom stereocenters. The van der Waals surface area contributed by atoms with Gasteiger partial charge in [0.05, 0.1) is 11.9 Å². The first-order valence-corrected chi connectivity index (χ1v) is 12.0. The van der Waals surface area contributed by atoms with Gasteiger partial charge in [-0.2, -0.15) is 18.3 Å². The zero-order chi connectivity index (χ0) is 27.7. The lowest BCUT2D eigenvalue weighted by molar-refractivity contribution is -0.136. The van der Waals surface area contributed by atoms with Crippen LogP contribution in [0, 0.1) is 5.82 Å². The number of halogens is 4. The third-order valence-electron chi connectivity index (χ3n) is 6.32. The number of piperazine rings is 1. The van der Waals surface area contributed by atoms with Crippen LogP contribution in [0.2, 0.25) is 0 Å². The van der Waals surface area contributed by atoms with Gasteiger partial charge < -0.3 is 14.5 Å². The van der Waals surface area contributed by atoms with E-state index in [2.05, 4.69) is 15.1 Å². The molecule has 0 bridgehead atoms. The maximum atomic E-state index is 13.9. The second kappa shape index (κ2) is 10.3. The van der Waals surface area contributed by atoms with Crippen LogP contribution in [0.3, 0.4) is 0 Å². The number of carbonyl (C=O) groups is 2. The van der Waals surface area contributed by atoms with Gasteiger partial charge in [-0.15, -0.1) is 0 Å². The highest BCUT2D eigenvalue weighted by Gasteiger charge is 2.37. The van der Waals surface area contributed by atoms with Gasteiger partial charge in [-0.1, -0.05) is 6.07 Å². The van der Waals surface area contributed by atoms with E-state index in [0.717, 1.165) is 34.5 Å². The molecule has 1 aromatic carbocycles. The minimum Gasteiger partial charge on any atom is -0.444 e. The average Bonchev–Trinajstić information content (AvgIpc) is 3.35. The monoisotopic (exact) mass is 542 g/mol. The molecule has 0 aliphatic carbocycles. The van der Waals surface area contributed by atoms with Crippen molar-refractivity contribution in [2.75, 3.05) is 19.6 Å². The Balaban J connectivity index is 1.34. The Morgan fingerprint density at radius 1 is 1.13 bits per heavy atom. The summed E-state index contributed by atoms with van der Waals surface area (Å²) in [5, 5.41) is 4.18. The predicted molar refractivity (Wildman–Crippen MR) is 130 cm³/mol.